The summed E-state index contributed by atoms with van der Waals surface area (Å²) in [7, 11) is 0. The van der Waals surface area contributed by atoms with Gasteiger partial charge in [-0.05, 0) is 24.0 Å². The van der Waals surface area contributed by atoms with Gasteiger partial charge in [0.1, 0.15) is 5.78 Å². The molecule has 16 heavy (non-hydrogen) atoms. The van der Waals surface area contributed by atoms with Gasteiger partial charge < -0.3 is 0 Å². The van der Waals surface area contributed by atoms with Gasteiger partial charge in [0, 0.05) is 12.8 Å². The topological polar surface area (TPSA) is 17.1 Å². The van der Waals surface area contributed by atoms with E-state index in [4.69, 9.17) is 0 Å². The number of Topliss-reactive ketones (excluding diaryl/α,β-unsaturated/α-hetero) is 1. The zero-order chi connectivity index (χ0) is 11.4. The number of carbonyl (C=O) groups is 1. The fourth-order valence-corrected chi connectivity index (χ4v) is 2.63. The van der Waals surface area contributed by atoms with Crippen molar-refractivity contribution < 1.29 is 4.79 Å². The van der Waals surface area contributed by atoms with Crippen LogP contribution in [0, 0.1) is 12.8 Å². The van der Waals surface area contributed by atoms with Crippen LogP contribution in [0.5, 0.6) is 0 Å². The maximum absolute atomic E-state index is 11.9. The Hall–Kier alpha value is -1.11. The molecule has 1 aromatic rings. The van der Waals surface area contributed by atoms with E-state index in [1.807, 2.05) is 12.1 Å². The molecule has 86 valence electrons. The summed E-state index contributed by atoms with van der Waals surface area (Å²) in [4.78, 5) is 11.9. The quantitative estimate of drug-likeness (QED) is 0.750. The molecular weight excluding hydrogens is 196 g/mol. The predicted octanol–water partition coefficient (Wildman–Crippen LogP) is 3.69. The van der Waals surface area contributed by atoms with Crippen LogP contribution in [0.1, 0.15) is 43.2 Å². The van der Waals surface area contributed by atoms with Crippen molar-refractivity contribution in [1.29, 1.82) is 0 Å². The van der Waals surface area contributed by atoms with Crippen molar-refractivity contribution in [2.24, 2.45) is 5.92 Å². The lowest BCUT2D eigenvalue weighted by molar-refractivity contribution is -0.119. The summed E-state index contributed by atoms with van der Waals surface area (Å²) < 4.78 is 0. The standard InChI is InChI=1S/C15H20O/c1-12-6-2-5-9-14(12)11-15(16)10-13-7-3-4-8-13/h2,5-6,9,13H,3-4,7-8,10-11H2,1H3. The minimum atomic E-state index is 0.418. The fourth-order valence-electron chi connectivity index (χ4n) is 2.63. The summed E-state index contributed by atoms with van der Waals surface area (Å²) in [5.41, 5.74) is 2.44. The molecule has 1 heteroatoms. The van der Waals surface area contributed by atoms with Crippen molar-refractivity contribution >= 4 is 5.78 Å². The summed E-state index contributed by atoms with van der Waals surface area (Å²) in [6, 6.07) is 8.20. The van der Waals surface area contributed by atoms with Gasteiger partial charge in [-0.15, -0.1) is 0 Å². The Morgan fingerprint density at radius 2 is 1.94 bits per heavy atom. The van der Waals surface area contributed by atoms with E-state index in [0.29, 0.717) is 18.1 Å². The highest BCUT2D eigenvalue weighted by Gasteiger charge is 2.18. The smallest absolute Gasteiger partial charge is 0.137 e. The monoisotopic (exact) mass is 216 g/mol. The highest BCUT2D eigenvalue weighted by atomic mass is 16.1. The molecule has 0 atom stereocenters. The normalized spacial score (nSPS) is 16.6. The molecule has 1 aliphatic rings. The third-order valence-corrected chi connectivity index (χ3v) is 3.64. The first-order valence-electron chi connectivity index (χ1n) is 6.32. The second-order valence-corrected chi connectivity index (χ2v) is 5.00. The molecular formula is C15H20O. The Balaban J connectivity index is 1.89. The maximum Gasteiger partial charge on any atom is 0.137 e. The largest absolute Gasteiger partial charge is 0.299 e. The number of ketones is 1. The van der Waals surface area contributed by atoms with E-state index in [1.165, 1.54) is 36.8 Å². The second kappa shape index (κ2) is 5.29. The van der Waals surface area contributed by atoms with Gasteiger partial charge in [0.05, 0.1) is 0 Å². The Morgan fingerprint density at radius 3 is 2.62 bits per heavy atom. The van der Waals surface area contributed by atoms with E-state index in [9.17, 15) is 4.79 Å². The SMILES string of the molecule is Cc1ccccc1CC(=O)CC1CCCC1. The van der Waals surface area contributed by atoms with Gasteiger partial charge in [0.15, 0.2) is 0 Å². The summed E-state index contributed by atoms with van der Waals surface area (Å²) in [6.07, 6.45) is 6.60. The molecule has 0 bridgehead atoms. The number of aryl methyl sites for hydroxylation is 1. The Bertz CT molecular complexity index is 361. The van der Waals surface area contributed by atoms with Gasteiger partial charge in [0.2, 0.25) is 0 Å². The van der Waals surface area contributed by atoms with Crippen LogP contribution >= 0.6 is 0 Å². The average Bonchev–Trinajstić information content (AvgIpc) is 2.74. The number of hydrogen-bond acceptors (Lipinski definition) is 1. The molecule has 0 N–H and O–H groups in total. The van der Waals surface area contributed by atoms with Gasteiger partial charge in [-0.25, -0.2) is 0 Å². The van der Waals surface area contributed by atoms with Gasteiger partial charge in [0.25, 0.3) is 0 Å². The number of benzene rings is 1. The molecule has 0 aliphatic heterocycles. The van der Waals surface area contributed by atoms with Gasteiger partial charge in [-0.3, -0.25) is 4.79 Å². The lowest BCUT2D eigenvalue weighted by atomic mass is 9.96. The third kappa shape index (κ3) is 2.94. The molecule has 1 nitrogen and oxygen atoms in total. The lowest BCUT2D eigenvalue weighted by Crippen LogP contribution is -2.09. The summed E-state index contributed by atoms with van der Waals surface area (Å²) in [5, 5.41) is 0. The molecule has 1 saturated carbocycles. The Labute approximate surface area is 97.9 Å². The van der Waals surface area contributed by atoms with Crippen molar-refractivity contribution in [1.82, 2.24) is 0 Å². The summed E-state index contributed by atoms with van der Waals surface area (Å²) in [6.45, 7) is 2.08. The molecule has 2 rings (SSSR count). The highest BCUT2D eigenvalue weighted by molar-refractivity contribution is 5.81. The van der Waals surface area contributed by atoms with Crippen LogP contribution in [0.25, 0.3) is 0 Å². The molecule has 0 spiro atoms. The van der Waals surface area contributed by atoms with Crippen molar-refractivity contribution in [3.8, 4) is 0 Å². The van der Waals surface area contributed by atoms with Crippen molar-refractivity contribution in [3.63, 3.8) is 0 Å². The van der Waals surface area contributed by atoms with Crippen molar-refractivity contribution in [3.05, 3.63) is 35.4 Å². The van der Waals surface area contributed by atoms with Crippen molar-refractivity contribution in [2.75, 3.05) is 0 Å². The van der Waals surface area contributed by atoms with E-state index in [-0.39, 0.29) is 0 Å². The number of rotatable bonds is 4. The molecule has 0 aromatic heterocycles. The summed E-state index contributed by atoms with van der Waals surface area (Å²) in [5.74, 6) is 1.10. The van der Waals surface area contributed by atoms with Crippen LogP contribution < -0.4 is 0 Å². The van der Waals surface area contributed by atoms with Crippen LogP contribution in [-0.4, -0.2) is 5.78 Å². The minimum absolute atomic E-state index is 0.418. The van der Waals surface area contributed by atoms with Crippen LogP contribution in [-0.2, 0) is 11.2 Å². The van der Waals surface area contributed by atoms with E-state index >= 15 is 0 Å². The lowest BCUT2D eigenvalue weighted by Gasteiger charge is -2.09. The first-order valence-corrected chi connectivity index (χ1v) is 6.32. The van der Waals surface area contributed by atoms with Crippen LogP contribution in [0.15, 0.2) is 24.3 Å². The highest BCUT2D eigenvalue weighted by Crippen LogP contribution is 2.28. The number of hydrogen-bond donors (Lipinski definition) is 0. The van der Waals surface area contributed by atoms with Gasteiger partial charge in [-0.2, -0.15) is 0 Å². The molecule has 0 saturated heterocycles. The van der Waals surface area contributed by atoms with E-state index in [1.54, 1.807) is 0 Å². The van der Waals surface area contributed by atoms with Crippen molar-refractivity contribution in [2.45, 2.75) is 45.4 Å². The molecule has 1 aliphatic carbocycles. The molecule has 0 unspecified atom stereocenters. The van der Waals surface area contributed by atoms with Gasteiger partial charge >= 0.3 is 0 Å². The second-order valence-electron chi connectivity index (χ2n) is 5.00. The average molecular weight is 216 g/mol. The van der Waals surface area contributed by atoms with Crippen LogP contribution in [0.2, 0.25) is 0 Å². The van der Waals surface area contributed by atoms with E-state index < -0.39 is 0 Å². The predicted molar refractivity (Wildman–Crippen MR) is 66.5 cm³/mol. The van der Waals surface area contributed by atoms with Crippen LogP contribution in [0.4, 0.5) is 0 Å². The maximum atomic E-state index is 11.9. The van der Waals surface area contributed by atoms with E-state index in [0.717, 1.165) is 6.42 Å². The first kappa shape index (κ1) is 11.4. The molecule has 0 amide bonds. The third-order valence-electron chi connectivity index (χ3n) is 3.64. The molecule has 1 aromatic carbocycles. The summed E-state index contributed by atoms with van der Waals surface area (Å²) >= 11 is 0. The molecule has 1 fully saturated rings. The molecule has 0 radical (unpaired) electrons. The Kier molecular flexibility index (Phi) is 3.76. The fraction of sp³-hybridized carbons (Fsp3) is 0.533. The van der Waals surface area contributed by atoms with E-state index in [2.05, 4.69) is 19.1 Å². The Morgan fingerprint density at radius 1 is 1.25 bits per heavy atom. The number of carbonyl (C=O) groups excluding carboxylic acids is 1. The minimum Gasteiger partial charge on any atom is -0.299 e. The zero-order valence-corrected chi connectivity index (χ0v) is 10.0. The van der Waals surface area contributed by atoms with Crippen LogP contribution in [0.3, 0.4) is 0 Å². The molecule has 0 heterocycles. The zero-order valence-electron chi connectivity index (χ0n) is 10.0. The first-order chi connectivity index (χ1) is 7.75. The van der Waals surface area contributed by atoms with Gasteiger partial charge in [-0.1, -0.05) is 49.9 Å².